The van der Waals surface area contributed by atoms with Gasteiger partial charge in [-0.3, -0.25) is 14.4 Å². The third-order valence-corrected chi connectivity index (χ3v) is 2.91. The van der Waals surface area contributed by atoms with Gasteiger partial charge < -0.3 is 15.4 Å². The van der Waals surface area contributed by atoms with Gasteiger partial charge in [-0.05, 0) is 18.9 Å². The van der Waals surface area contributed by atoms with E-state index in [0.717, 1.165) is 0 Å². The summed E-state index contributed by atoms with van der Waals surface area (Å²) in [6.45, 7) is 0.0953. The summed E-state index contributed by atoms with van der Waals surface area (Å²) in [7, 11) is 0. The van der Waals surface area contributed by atoms with Gasteiger partial charge in [0.15, 0.2) is 0 Å². The van der Waals surface area contributed by atoms with Crippen LogP contribution in [-0.2, 0) is 4.79 Å². The number of H-pyrrole nitrogens is 1. The molecule has 1 aliphatic carbocycles. The van der Waals surface area contributed by atoms with Crippen molar-refractivity contribution in [3.05, 3.63) is 34.2 Å². The fourth-order valence-electron chi connectivity index (χ4n) is 1.54. The van der Waals surface area contributed by atoms with E-state index in [1.165, 1.54) is 18.2 Å². The summed E-state index contributed by atoms with van der Waals surface area (Å²) in [5.74, 6) is -1.35. The lowest BCUT2D eigenvalue weighted by Crippen LogP contribution is -2.35. The number of carboxylic acids is 1. The Morgan fingerprint density at radius 2 is 2.12 bits per heavy atom. The molecule has 1 aromatic rings. The molecule has 1 saturated carbocycles. The Morgan fingerprint density at radius 3 is 2.65 bits per heavy atom. The summed E-state index contributed by atoms with van der Waals surface area (Å²) >= 11 is 0. The van der Waals surface area contributed by atoms with Gasteiger partial charge in [0.05, 0.1) is 5.41 Å². The van der Waals surface area contributed by atoms with Crippen molar-refractivity contribution in [2.45, 2.75) is 12.8 Å². The number of hydrogen-bond donors (Lipinski definition) is 3. The van der Waals surface area contributed by atoms with E-state index in [1.54, 1.807) is 0 Å². The molecule has 0 saturated heterocycles. The van der Waals surface area contributed by atoms with Crippen LogP contribution in [0.1, 0.15) is 23.3 Å². The largest absolute Gasteiger partial charge is 0.481 e. The van der Waals surface area contributed by atoms with Crippen molar-refractivity contribution in [2.24, 2.45) is 5.41 Å². The zero-order chi connectivity index (χ0) is 12.5. The van der Waals surface area contributed by atoms with Gasteiger partial charge in [0, 0.05) is 12.6 Å². The molecule has 0 unspecified atom stereocenters. The molecule has 1 heterocycles. The van der Waals surface area contributed by atoms with E-state index in [1.807, 2.05) is 0 Å². The quantitative estimate of drug-likeness (QED) is 0.683. The van der Waals surface area contributed by atoms with Gasteiger partial charge in [0.2, 0.25) is 5.56 Å². The maximum absolute atomic E-state index is 11.6. The SMILES string of the molecule is O=C(NCC1(C(=O)O)CC1)c1cccc(=O)[nH]1. The molecule has 0 aliphatic heterocycles. The van der Waals surface area contributed by atoms with Crippen LogP contribution < -0.4 is 10.9 Å². The number of amides is 1. The number of pyridine rings is 1. The highest BCUT2D eigenvalue weighted by molar-refractivity contribution is 5.92. The van der Waals surface area contributed by atoms with Gasteiger partial charge in [-0.15, -0.1) is 0 Å². The molecule has 0 aromatic carbocycles. The highest BCUT2D eigenvalue weighted by atomic mass is 16.4. The fourth-order valence-corrected chi connectivity index (χ4v) is 1.54. The maximum Gasteiger partial charge on any atom is 0.311 e. The highest BCUT2D eigenvalue weighted by Gasteiger charge is 2.50. The number of carbonyl (C=O) groups excluding carboxylic acids is 1. The highest BCUT2D eigenvalue weighted by Crippen LogP contribution is 2.45. The van der Waals surface area contributed by atoms with Crippen molar-refractivity contribution in [1.29, 1.82) is 0 Å². The van der Waals surface area contributed by atoms with Gasteiger partial charge in [0.1, 0.15) is 5.69 Å². The van der Waals surface area contributed by atoms with Crippen LogP contribution in [0.4, 0.5) is 0 Å². The van der Waals surface area contributed by atoms with Crippen LogP contribution in [0.25, 0.3) is 0 Å². The molecule has 1 fully saturated rings. The molecule has 3 N–H and O–H groups in total. The first-order valence-electron chi connectivity index (χ1n) is 5.24. The summed E-state index contributed by atoms with van der Waals surface area (Å²) in [6.07, 6.45) is 1.15. The Labute approximate surface area is 96.7 Å². The fraction of sp³-hybridized carbons (Fsp3) is 0.364. The molecule has 17 heavy (non-hydrogen) atoms. The van der Waals surface area contributed by atoms with E-state index in [2.05, 4.69) is 10.3 Å². The number of aromatic nitrogens is 1. The molecule has 1 aliphatic rings. The summed E-state index contributed by atoms with van der Waals surface area (Å²) in [4.78, 5) is 35.9. The summed E-state index contributed by atoms with van der Waals surface area (Å²) in [5.41, 5.74) is -1.03. The first-order chi connectivity index (χ1) is 8.03. The predicted octanol–water partition coefficient (Wildman–Crippen LogP) is -0.0305. The Balaban J connectivity index is 1.99. The van der Waals surface area contributed by atoms with Crippen molar-refractivity contribution in [3.8, 4) is 0 Å². The van der Waals surface area contributed by atoms with Crippen LogP contribution in [0.2, 0.25) is 0 Å². The molecule has 0 spiro atoms. The maximum atomic E-state index is 11.6. The molecule has 0 atom stereocenters. The monoisotopic (exact) mass is 236 g/mol. The second-order valence-electron chi connectivity index (χ2n) is 4.20. The van der Waals surface area contributed by atoms with Gasteiger partial charge in [-0.2, -0.15) is 0 Å². The van der Waals surface area contributed by atoms with E-state index in [-0.39, 0.29) is 17.8 Å². The van der Waals surface area contributed by atoms with Crippen LogP contribution in [0, 0.1) is 5.41 Å². The van der Waals surface area contributed by atoms with Crippen LogP contribution in [0.15, 0.2) is 23.0 Å². The van der Waals surface area contributed by atoms with E-state index < -0.39 is 17.3 Å². The third-order valence-electron chi connectivity index (χ3n) is 2.91. The summed E-state index contributed by atoms with van der Waals surface area (Å²) in [6, 6.07) is 4.24. The lowest BCUT2D eigenvalue weighted by molar-refractivity contribution is -0.143. The zero-order valence-corrected chi connectivity index (χ0v) is 9.03. The Morgan fingerprint density at radius 1 is 1.41 bits per heavy atom. The number of rotatable bonds is 4. The molecule has 1 aromatic heterocycles. The van der Waals surface area contributed by atoms with Crippen LogP contribution in [0.3, 0.4) is 0 Å². The van der Waals surface area contributed by atoms with Gasteiger partial charge in [-0.25, -0.2) is 0 Å². The molecule has 6 nitrogen and oxygen atoms in total. The molecule has 90 valence electrons. The Hall–Kier alpha value is -2.11. The van der Waals surface area contributed by atoms with Crippen molar-refractivity contribution < 1.29 is 14.7 Å². The molecular formula is C11H12N2O4. The normalized spacial score (nSPS) is 16.2. The second kappa shape index (κ2) is 4.04. The van der Waals surface area contributed by atoms with Crippen molar-refractivity contribution in [1.82, 2.24) is 10.3 Å². The molecule has 2 rings (SSSR count). The Kier molecular flexibility index (Phi) is 2.71. The van der Waals surface area contributed by atoms with Gasteiger partial charge >= 0.3 is 5.97 Å². The van der Waals surface area contributed by atoms with Crippen LogP contribution in [0.5, 0.6) is 0 Å². The molecule has 6 heteroatoms. The lowest BCUT2D eigenvalue weighted by atomic mass is 10.1. The predicted molar refractivity (Wildman–Crippen MR) is 58.7 cm³/mol. The number of hydrogen-bond acceptors (Lipinski definition) is 3. The summed E-state index contributed by atoms with van der Waals surface area (Å²) < 4.78 is 0. The van der Waals surface area contributed by atoms with Crippen molar-refractivity contribution >= 4 is 11.9 Å². The number of carbonyl (C=O) groups is 2. The zero-order valence-electron chi connectivity index (χ0n) is 9.03. The lowest BCUT2D eigenvalue weighted by Gasteiger charge is -2.10. The first kappa shape index (κ1) is 11.4. The minimum absolute atomic E-state index is 0.0953. The minimum Gasteiger partial charge on any atom is -0.481 e. The van der Waals surface area contributed by atoms with Crippen molar-refractivity contribution in [3.63, 3.8) is 0 Å². The third kappa shape index (κ3) is 2.35. The van der Waals surface area contributed by atoms with Gasteiger partial charge in [-0.1, -0.05) is 6.07 Å². The standard InChI is InChI=1S/C11H12N2O4/c14-8-3-1-2-7(13-8)9(15)12-6-11(4-5-11)10(16)17/h1-3H,4-6H2,(H,12,15)(H,13,14)(H,16,17). The van der Waals surface area contributed by atoms with E-state index in [0.29, 0.717) is 12.8 Å². The minimum atomic E-state index is -0.889. The van der Waals surface area contributed by atoms with Crippen LogP contribution >= 0.6 is 0 Å². The van der Waals surface area contributed by atoms with E-state index in [9.17, 15) is 14.4 Å². The smallest absolute Gasteiger partial charge is 0.311 e. The second-order valence-corrected chi connectivity index (χ2v) is 4.20. The van der Waals surface area contributed by atoms with Crippen LogP contribution in [-0.4, -0.2) is 28.5 Å². The molecule has 0 bridgehead atoms. The summed E-state index contributed by atoms with van der Waals surface area (Å²) in [5, 5.41) is 11.4. The molecular weight excluding hydrogens is 224 g/mol. The topological polar surface area (TPSA) is 99.3 Å². The Bertz CT molecular complexity index is 516. The number of carboxylic acid groups (broad SMARTS) is 1. The van der Waals surface area contributed by atoms with E-state index in [4.69, 9.17) is 5.11 Å². The van der Waals surface area contributed by atoms with Gasteiger partial charge in [0.25, 0.3) is 5.91 Å². The average molecular weight is 236 g/mol. The number of nitrogens with one attached hydrogen (secondary N) is 2. The van der Waals surface area contributed by atoms with E-state index >= 15 is 0 Å². The molecule has 1 amide bonds. The van der Waals surface area contributed by atoms with Crippen molar-refractivity contribution in [2.75, 3.05) is 6.54 Å². The number of aliphatic carboxylic acids is 1. The molecule has 0 radical (unpaired) electrons. The first-order valence-corrected chi connectivity index (χ1v) is 5.24. The number of aromatic amines is 1. The average Bonchev–Trinajstić information content (AvgIpc) is 3.07.